The molecular formula is C14H10ClF6N3O2. The van der Waals surface area contributed by atoms with Gasteiger partial charge in [0.2, 0.25) is 0 Å². The first-order valence-electron chi connectivity index (χ1n) is 6.80. The largest absolute Gasteiger partial charge is 0.461 e. The number of halogens is 7. The first-order chi connectivity index (χ1) is 12.0. The van der Waals surface area contributed by atoms with Crippen LogP contribution in [-0.4, -0.2) is 28.2 Å². The molecule has 5 nitrogen and oxygen atoms in total. The van der Waals surface area contributed by atoms with E-state index in [0.29, 0.717) is 0 Å². The van der Waals surface area contributed by atoms with Crippen LogP contribution < -0.4 is 10.1 Å². The molecule has 2 rings (SSSR count). The highest BCUT2D eigenvalue weighted by Crippen LogP contribution is 2.34. The average molecular weight is 402 g/mol. The van der Waals surface area contributed by atoms with Crippen LogP contribution >= 0.6 is 11.6 Å². The number of para-hydroxylation sites is 2. The second-order valence-electron chi connectivity index (χ2n) is 4.89. The molecule has 0 aliphatic rings. The van der Waals surface area contributed by atoms with Crippen LogP contribution in [0.25, 0.3) is 0 Å². The number of anilines is 1. The Bertz CT molecular complexity index is 812. The predicted octanol–water partition coefficient (Wildman–Crippen LogP) is 4.50. The Morgan fingerprint density at radius 1 is 1.27 bits per heavy atom. The summed E-state index contributed by atoms with van der Waals surface area (Å²) in [5.41, 5.74) is -2.05. The Hall–Kier alpha value is -2.43. The van der Waals surface area contributed by atoms with Gasteiger partial charge in [0.25, 0.3) is 12.3 Å². The van der Waals surface area contributed by atoms with E-state index in [9.17, 15) is 31.1 Å². The van der Waals surface area contributed by atoms with Crippen molar-refractivity contribution < 1.29 is 35.9 Å². The molecule has 0 saturated carbocycles. The molecular weight excluding hydrogens is 392 g/mol. The van der Waals surface area contributed by atoms with E-state index in [4.69, 9.17) is 11.6 Å². The lowest BCUT2D eigenvalue weighted by atomic mass is 10.2. The zero-order chi connectivity index (χ0) is 19.6. The van der Waals surface area contributed by atoms with Crippen molar-refractivity contribution >= 4 is 23.2 Å². The molecule has 0 spiro atoms. The highest BCUT2D eigenvalue weighted by atomic mass is 35.5. The van der Waals surface area contributed by atoms with Crippen LogP contribution in [0.5, 0.6) is 5.75 Å². The molecule has 0 bridgehead atoms. The van der Waals surface area contributed by atoms with Gasteiger partial charge in [-0.15, -0.1) is 0 Å². The second-order valence-corrected chi connectivity index (χ2v) is 5.25. The normalized spacial score (nSPS) is 11.9. The van der Waals surface area contributed by atoms with Gasteiger partial charge in [-0.1, -0.05) is 23.7 Å². The van der Waals surface area contributed by atoms with Gasteiger partial charge in [0.15, 0.2) is 0 Å². The fourth-order valence-corrected chi connectivity index (χ4v) is 2.14. The summed E-state index contributed by atoms with van der Waals surface area (Å²) in [7, 11) is 1.21. The van der Waals surface area contributed by atoms with Gasteiger partial charge in [-0.3, -0.25) is 9.48 Å². The number of hydrogen-bond donors (Lipinski definition) is 1. The number of benzene rings is 1. The molecule has 0 aliphatic carbocycles. The number of ether oxygens (including phenoxy) is 1. The number of carbonyl (C=O) groups is 1. The van der Waals surface area contributed by atoms with Crippen molar-refractivity contribution in [3.8, 4) is 5.75 Å². The quantitative estimate of drug-likeness (QED) is 0.725. The third-order valence-corrected chi connectivity index (χ3v) is 3.51. The number of nitrogens with zero attached hydrogens (tertiary/aromatic N) is 2. The van der Waals surface area contributed by atoms with Crippen LogP contribution in [0, 0.1) is 0 Å². The molecule has 0 unspecified atom stereocenters. The van der Waals surface area contributed by atoms with Gasteiger partial charge in [-0.2, -0.15) is 22.7 Å². The molecule has 0 radical (unpaired) electrons. The van der Waals surface area contributed by atoms with E-state index in [1.807, 2.05) is 5.32 Å². The predicted molar refractivity (Wildman–Crippen MR) is 79.1 cm³/mol. The maximum Gasteiger partial charge on any atom is 0.461 e. The third kappa shape index (κ3) is 4.03. The maximum absolute atomic E-state index is 13.1. The summed E-state index contributed by atoms with van der Waals surface area (Å²) in [4.78, 5) is 12.3. The highest BCUT2D eigenvalue weighted by Gasteiger charge is 2.44. The van der Waals surface area contributed by atoms with Crippen molar-refractivity contribution in [1.29, 1.82) is 0 Å². The van der Waals surface area contributed by atoms with E-state index in [0.717, 1.165) is 16.8 Å². The molecule has 12 heteroatoms. The summed E-state index contributed by atoms with van der Waals surface area (Å²) in [6, 6.07) is 4.42. The minimum absolute atomic E-state index is 0.422. The Kier molecular flexibility index (Phi) is 5.69. The molecule has 1 aromatic carbocycles. The van der Waals surface area contributed by atoms with E-state index in [1.165, 1.54) is 19.2 Å². The standard InChI is InChI=1S/C14H10ClF6N3O2/c1-24-10(15)8(9(23-24)11(16)17)12(25)22-6-4-2-3-5-7(6)26-14(20,21)13(18)19/h2-5,11,13H,1H3,(H,22,25). The van der Waals surface area contributed by atoms with Gasteiger partial charge < -0.3 is 10.1 Å². The van der Waals surface area contributed by atoms with Crippen LogP contribution in [0.3, 0.4) is 0 Å². The number of aryl methyl sites for hydroxylation is 1. The second kappa shape index (κ2) is 7.44. The van der Waals surface area contributed by atoms with E-state index in [2.05, 4.69) is 9.84 Å². The molecule has 1 N–H and O–H groups in total. The van der Waals surface area contributed by atoms with E-state index in [-0.39, 0.29) is 0 Å². The fourth-order valence-electron chi connectivity index (χ4n) is 1.92. The minimum Gasteiger partial charge on any atom is -0.426 e. The van der Waals surface area contributed by atoms with E-state index < -0.39 is 52.7 Å². The van der Waals surface area contributed by atoms with Crippen molar-refractivity contribution in [2.45, 2.75) is 19.0 Å². The summed E-state index contributed by atoms with van der Waals surface area (Å²) < 4.78 is 81.5. The fraction of sp³-hybridized carbons (Fsp3) is 0.286. The van der Waals surface area contributed by atoms with Crippen molar-refractivity contribution in [3.63, 3.8) is 0 Å². The van der Waals surface area contributed by atoms with Crippen LogP contribution in [0.15, 0.2) is 24.3 Å². The SMILES string of the molecule is Cn1nc(C(F)F)c(C(=O)Nc2ccccc2OC(F)(F)C(F)F)c1Cl. The Balaban J connectivity index is 2.34. The smallest absolute Gasteiger partial charge is 0.426 e. The maximum atomic E-state index is 13.1. The Morgan fingerprint density at radius 3 is 2.46 bits per heavy atom. The van der Waals surface area contributed by atoms with Gasteiger partial charge in [-0.05, 0) is 12.1 Å². The van der Waals surface area contributed by atoms with Crippen molar-refractivity contribution in [2.24, 2.45) is 7.05 Å². The zero-order valence-corrected chi connectivity index (χ0v) is 13.6. The molecule has 2 aromatic rings. The van der Waals surface area contributed by atoms with Gasteiger partial charge in [0.1, 0.15) is 22.2 Å². The number of hydrogen-bond acceptors (Lipinski definition) is 3. The number of carbonyl (C=O) groups excluding carboxylic acids is 1. The van der Waals surface area contributed by atoms with Gasteiger partial charge in [0.05, 0.1) is 5.69 Å². The molecule has 1 aromatic heterocycles. The summed E-state index contributed by atoms with van der Waals surface area (Å²) in [5.74, 6) is -1.99. The van der Waals surface area contributed by atoms with Gasteiger partial charge in [0, 0.05) is 7.05 Å². The molecule has 1 amide bonds. The van der Waals surface area contributed by atoms with E-state index in [1.54, 1.807) is 0 Å². The first kappa shape index (κ1) is 19.9. The summed E-state index contributed by atoms with van der Waals surface area (Å²) in [5, 5.41) is 5.00. The Labute approximate surface area is 147 Å². The molecule has 1 heterocycles. The third-order valence-electron chi connectivity index (χ3n) is 3.07. The molecule has 0 saturated heterocycles. The van der Waals surface area contributed by atoms with Crippen LogP contribution in [-0.2, 0) is 7.05 Å². The highest BCUT2D eigenvalue weighted by molar-refractivity contribution is 6.33. The molecule has 0 atom stereocenters. The number of aromatic nitrogens is 2. The summed E-state index contributed by atoms with van der Waals surface area (Å²) in [6.07, 6.45) is -12.1. The summed E-state index contributed by atoms with van der Waals surface area (Å²) in [6.45, 7) is 0. The van der Waals surface area contributed by atoms with E-state index >= 15 is 0 Å². The number of amides is 1. The van der Waals surface area contributed by atoms with Gasteiger partial charge in [-0.25, -0.2) is 8.78 Å². The van der Waals surface area contributed by atoms with Crippen LogP contribution in [0.2, 0.25) is 5.15 Å². The molecule has 0 fully saturated rings. The number of nitrogens with one attached hydrogen (secondary N) is 1. The lowest BCUT2D eigenvalue weighted by Crippen LogP contribution is -2.33. The van der Waals surface area contributed by atoms with Crippen molar-refractivity contribution in [1.82, 2.24) is 9.78 Å². The van der Waals surface area contributed by atoms with Gasteiger partial charge >= 0.3 is 12.5 Å². The molecule has 26 heavy (non-hydrogen) atoms. The molecule has 0 aliphatic heterocycles. The lowest BCUT2D eigenvalue weighted by Gasteiger charge is -2.19. The first-order valence-corrected chi connectivity index (χ1v) is 7.18. The summed E-state index contributed by atoms with van der Waals surface area (Å²) >= 11 is 5.76. The Morgan fingerprint density at radius 2 is 1.88 bits per heavy atom. The van der Waals surface area contributed by atoms with Crippen LogP contribution in [0.4, 0.5) is 32.0 Å². The number of rotatable bonds is 6. The average Bonchev–Trinajstić information content (AvgIpc) is 2.84. The lowest BCUT2D eigenvalue weighted by molar-refractivity contribution is -0.252. The topological polar surface area (TPSA) is 56.2 Å². The van der Waals surface area contributed by atoms with Crippen molar-refractivity contribution in [2.75, 3.05) is 5.32 Å². The monoisotopic (exact) mass is 401 g/mol. The molecule has 142 valence electrons. The number of alkyl halides is 6. The van der Waals surface area contributed by atoms with Crippen LogP contribution in [0.1, 0.15) is 22.5 Å². The van der Waals surface area contributed by atoms with Crippen molar-refractivity contribution in [3.05, 3.63) is 40.7 Å². The minimum atomic E-state index is -4.82. The zero-order valence-electron chi connectivity index (χ0n) is 12.8.